The Balaban J connectivity index is 1.65. The van der Waals surface area contributed by atoms with Crippen LogP contribution in [0.3, 0.4) is 0 Å². The van der Waals surface area contributed by atoms with E-state index in [0.717, 1.165) is 26.2 Å². The zero-order valence-electron chi connectivity index (χ0n) is 11.1. The number of aryl methyl sites for hydroxylation is 1. The predicted molar refractivity (Wildman–Crippen MR) is 73.3 cm³/mol. The van der Waals surface area contributed by atoms with Gasteiger partial charge in [0.1, 0.15) is 0 Å². The fourth-order valence-corrected chi connectivity index (χ4v) is 2.37. The SMILES string of the molecule is Cc1cccc(CNCCC(=O)N2CCCC2)c1. The van der Waals surface area contributed by atoms with Crippen molar-refractivity contribution in [1.29, 1.82) is 0 Å². The third-order valence-corrected chi connectivity index (χ3v) is 3.39. The van der Waals surface area contributed by atoms with E-state index >= 15 is 0 Å². The number of carbonyl (C=O) groups is 1. The number of rotatable bonds is 5. The zero-order chi connectivity index (χ0) is 12.8. The molecular weight excluding hydrogens is 224 g/mol. The van der Waals surface area contributed by atoms with Gasteiger partial charge in [0.2, 0.25) is 5.91 Å². The second-order valence-electron chi connectivity index (χ2n) is 5.00. The first-order valence-corrected chi connectivity index (χ1v) is 6.80. The standard InChI is InChI=1S/C15H22N2O/c1-13-5-4-6-14(11-13)12-16-8-7-15(18)17-9-2-3-10-17/h4-6,11,16H,2-3,7-10,12H2,1H3. The highest BCUT2D eigenvalue weighted by atomic mass is 16.2. The Kier molecular flexibility index (Phi) is 4.76. The van der Waals surface area contributed by atoms with Gasteiger partial charge in [-0.15, -0.1) is 0 Å². The van der Waals surface area contributed by atoms with Crippen molar-refractivity contribution in [2.75, 3.05) is 19.6 Å². The third kappa shape index (κ3) is 3.84. The van der Waals surface area contributed by atoms with Gasteiger partial charge in [0.25, 0.3) is 0 Å². The summed E-state index contributed by atoms with van der Waals surface area (Å²) in [5, 5.41) is 3.34. The van der Waals surface area contributed by atoms with E-state index in [2.05, 4.69) is 36.5 Å². The molecule has 0 aliphatic carbocycles. The summed E-state index contributed by atoms with van der Waals surface area (Å²) in [6.07, 6.45) is 2.96. The van der Waals surface area contributed by atoms with E-state index in [1.54, 1.807) is 0 Å². The van der Waals surface area contributed by atoms with Crippen molar-refractivity contribution < 1.29 is 4.79 Å². The Bertz CT molecular complexity index is 397. The molecule has 1 heterocycles. The van der Waals surface area contributed by atoms with Gasteiger partial charge in [-0.3, -0.25) is 4.79 Å². The smallest absolute Gasteiger partial charge is 0.223 e. The van der Waals surface area contributed by atoms with Crippen molar-refractivity contribution in [3.05, 3.63) is 35.4 Å². The molecule has 1 aromatic carbocycles. The van der Waals surface area contributed by atoms with Gasteiger partial charge in [-0.1, -0.05) is 29.8 Å². The molecule has 1 N–H and O–H groups in total. The summed E-state index contributed by atoms with van der Waals surface area (Å²) in [5.41, 5.74) is 2.56. The number of hydrogen-bond donors (Lipinski definition) is 1. The van der Waals surface area contributed by atoms with Gasteiger partial charge in [0, 0.05) is 32.6 Å². The monoisotopic (exact) mass is 246 g/mol. The maximum atomic E-state index is 11.8. The summed E-state index contributed by atoms with van der Waals surface area (Å²) < 4.78 is 0. The van der Waals surface area contributed by atoms with Crippen LogP contribution < -0.4 is 5.32 Å². The fraction of sp³-hybridized carbons (Fsp3) is 0.533. The van der Waals surface area contributed by atoms with E-state index < -0.39 is 0 Å². The lowest BCUT2D eigenvalue weighted by Gasteiger charge is -2.15. The van der Waals surface area contributed by atoms with E-state index in [9.17, 15) is 4.79 Å². The maximum Gasteiger partial charge on any atom is 0.223 e. The molecule has 0 aromatic heterocycles. The number of likely N-dealkylation sites (tertiary alicyclic amines) is 1. The summed E-state index contributed by atoms with van der Waals surface area (Å²) >= 11 is 0. The highest BCUT2D eigenvalue weighted by Crippen LogP contribution is 2.08. The van der Waals surface area contributed by atoms with E-state index in [1.807, 2.05) is 4.90 Å². The average molecular weight is 246 g/mol. The Morgan fingerprint density at radius 2 is 2.11 bits per heavy atom. The molecule has 1 aliphatic rings. The normalized spacial score (nSPS) is 15.1. The van der Waals surface area contributed by atoms with Crippen LogP contribution in [0.5, 0.6) is 0 Å². The minimum absolute atomic E-state index is 0.296. The van der Waals surface area contributed by atoms with E-state index in [0.29, 0.717) is 12.3 Å². The van der Waals surface area contributed by atoms with Gasteiger partial charge in [-0.2, -0.15) is 0 Å². The van der Waals surface area contributed by atoms with Crippen LogP contribution in [0.4, 0.5) is 0 Å². The molecule has 0 saturated carbocycles. The summed E-state index contributed by atoms with van der Waals surface area (Å²) in [7, 11) is 0. The maximum absolute atomic E-state index is 11.8. The first-order valence-electron chi connectivity index (χ1n) is 6.80. The second kappa shape index (κ2) is 6.55. The topological polar surface area (TPSA) is 32.3 Å². The average Bonchev–Trinajstić information content (AvgIpc) is 2.88. The second-order valence-corrected chi connectivity index (χ2v) is 5.00. The zero-order valence-corrected chi connectivity index (χ0v) is 11.1. The molecule has 0 radical (unpaired) electrons. The summed E-state index contributed by atoms with van der Waals surface area (Å²) in [6, 6.07) is 8.46. The molecule has 1 aliphatic heterocycles. The van der Waals surface area contributed by atoms with Crippen molar-refractivity contribution in [3.63, 3.8) is 0 Å². The highest BCUT2D eigenvalue weighted by Gasteiger charge is 2.16. The molecule has 1 amide bonds. The quantitative estimate of drug-likeness (QED) is 0.807. The van der Waals surface area contributed by atoms with Crippen molar-refractivity contribution in [2.24, 2.45) is 0 Å². The molecule has 3 nitrogen and oxygen atoms in total. The lowest BCUT2D eigenvalue weighted by atomic mass is 10.1. The van der Waals surface area contributed by atoms with Gasteiger partial charge in [0.15, 0.2) is 0 Å². The van der Waals surface area contributed by atoms with Crippen LogP contribution in [0.2, 0.25) is 0 Å². The van der Waals surface area contributed by atoms with E-state index in [-0.39, 0.29) is 0 Å². The molecule has 2 rings (SSSR count). The van der Waals surface area contributed by atoms with Crippen LogP contribution in [0.15, 0.2) is 24.3 Å². The minimum atomic E-state index is 0.296. The number of amides is 1. The molecule has 0 atom stereocenters. The lowest BCUT2D eigenvalue weighted by molar-refractivity contribution is -0.130. The number of carbonyl (C=O) groups excluding carboxylic acids is 1. The molecule has 18 heavy (non-hydrogen) atoms. The number of hydrogen-bond acceptors (Lipinski definition) is 2. The van der Waals surface area contributed by atoms with Crippen LogP contribution >= 0.6 is 0 Å². The minimum Gasteiger partial charge on any atom is -0.343 e. The fourth-order valence-electron chi connectivity index (χ4n) is 2.37. The summed E-state index contributed by atoms with van der Waals surface area (Å²) in [4.78, 5) is 13.8. The van der Waals surface area contributed by atoms with Gasteiger partial charge in [-0.25, -0.2) is 0 Å². The molecular formula is C15H22N2O. The van der Waals surface area contributed by atoms with Crippen molar-refractivity contribution >= 4 is 5.91 Å². The molecule has 1 saturated heterocycles. The third-order valence-electron chi connectivity index (χ3n) is 3.39. The predicted octanol–water partition coefficient (Wildman–Crippen LogP) is 2.10. The molecule has 0 bridgehead atoms. The van der Waals surface area contributed by atoms with Gasteiger partial charge in [-0.05, 0) is 25.3 Å². The molecule has 98 valence electrons. The molecule has 0 unspecified atom stereocenters. The van der Waals surface area contributed by atoms with Crippen LogP contribution in [0, 0.1) is 6.92 Å². The first-order chi connectivity index (χ1) is 8.75. The first kappa shape index (κ1) is 13.1. The van der Waals surface area contributed by atoms with Gasteiger partial charge < -0.3 is 10.2 Å². The molecule has 3 heteroatoms. The van der Waals surface area contributed by atoms with Crippen LogP contribution in [-0.4, -0.2) is 30.4 Å². The lowest BCUT2D eigenvalue weighted by Crippen LogP contribution is -2.30. The van der Waals surface area contributed by atoms with Crippen LogP contribution in [0.25, 0.3) is 0 Å². The van der Waals surface area contributed by atoms with Crippen molar-refractivity contribution in [2.45, 2.75) is 32.7 Å². The summed E-state index contributed by atoms with van der Waals surface area (Å²) in [5.74, 6) is 0.296. The van der Waals surface area contributed by atoms with Crippen LogP contribution in [0.1, 0.15) is 30.4 Å². The molecule has 1 aromatic rings. The number of benzene rings is 1. The Morgan fingerprint density at radius 3 is 2.83 bits per heavy atom. The largest absolute Gasteiger partial charge is 0.343 e. The van der Waals surface area contributed by atoms with Crippen molar-refractivity contribution in [1.82, 2.24) is 10.2 Å². The molecule has 1 fully saturated rings. The summed E-state index contributed by atoms with van der Waals surface area (Å²) in [6.45, 7) is 5.62. The number of nitrogens with one attached hydrogen (secondary N) is 1. The van der Waals surface area contributed by atoms with Crippen LogP contribution in [-0.2, 0) is 11.3 Å². The Hall–Kier alpha value is -1.35. The Morgan fingerprint density at radius 1 is 1.33 bits per heavy atom. The Labute approximate surface area is 109 Å². The van der Waals surface area contributed by atoms with Crippen molar-refractivity contribution in [3.8, 4) is 0 Å². The van der Waals surface area contributed by atoms with Gasteiger partial charge >= 0.3 is 0 Å². The highest BCUT2D eigenvalue weighted by molar-refractivity contribution is 5.76. The van der Waals surface area contributed by atoms with E-state index in [4.69, 9.17) is 0 Å². The molecule has 0 spiro atoms. The van der Waals surface area contributed by atoms with Gasteiger partial charge in [0.05, 0.1) is 0 Å². The van der Waals surface area contributed by atoms with E-state index in [1.165, 1.54) is 24.0 Å². The number of nitrogens with zero attached hydrogens (tertiary/aromatic N) is 1.